The molecule has 1 aromatic carbocycles. The lowest BCUT2D eigenvalue weighted by molar-refractivity contribution is -0.137. The van der Waals surface area contributed by atoms with Crippen molar-refractivity contribution in [2.75, 3.05) is 18.9 Å². The van der Waals surface area contributed by atoms with Crippen molar-refractivity contribution in [3.63, 3.8) is 0 Å². The molecule has 1 aromatic rings. The van der Waals surface area contributed by atoms with Gasteiger partial charge in [-0.05, 0) is 32.0 Å². The zero-order valence-corrected chi connectivity index (χ0v) is 13.0. The number of anilines is 1. The molecule has 0 spiro atoms. The number of rotatable bonds is 4. The maximum atomic E-state index is 11.8. The largest absolute Gasteiger partial charge is 0.335 e. The first-order chi connectivity index (χ1) is 9.11. The molecule has 2 amide bonds. The van der Waals surface area contributed by atoms with Crippen molar-refractivity contribution in [3.05, 3.63) is 28.2 Å². The Morgan fingerprint density at radius 2 is 1.90 bits per heavy atom. The third kappa shape index (κ3) is 4.67. The molecule has 0 aromatic heterocycles. The van der Waals surface area contributed by atoms with Crippen LogP contribution in [0.4, 0.5) is 5.69 Å². The number of hydrogen-bond acceptors (Lipinski definition) is 3. The fourth-order valence-corrected chi connectivity index (χ4v) is 1.85. The topological polar surface area (TPSA) is 75.4 Å². The Labute approximate surface area is 128 Å². The Hall–Kier alpha value is -1.30. The second kappa shape index (κ2) is 6.43. The van der Waals surface area contributed by atoms with Gasteiger partial charge in [-0.25, -0.2) is 0 Å². The molecule has 0 saturated carbocycles. The number of benzene rings is 1. The van der Waals surface area contributed by atoms with E-state index >= 15 is 0 Å². The van der Waals surface area contributed by atoms with E-state index in [1.807, 2.05) is 0 Å². The molecule has 0 fully saturated rings. The van der Waals surface area contributed by atoms with E-state index in [2.05, 4.69) is 5.32 Å². The van der Waals surface area contributed by atoms with Gasteiger partial charge >= 0.3 is 0 Å². The summed E-state index contributed by atoms with van der Waals surface area (Å²) in [5.74, 6) is -0.662. The minimum absolute atomic E-state index is 0.0975. The van der Waals surface area contributed by atoms with E-state index in [0.29, 0.717) is 15.7 Å². The van der Waals surface area contributed by atoms with Crippen LogP contribution in [0.1, 0.15) is 13.8 Å². The SMILES string of the molecule is CN(CC(=O)Nc1ccc(Cl)c(Cl)c1)C(=O)C(C)(C)N. The summed E-state index contributed by atoms with van der Waals surface area (Å²) in [7, 11) is 1.52. The maximum Gasteiger partial charge on any atom is 0.243 e. The summed E-state index contributed by atoms with van der Waals surface area (Å²) in [6.07, 6.45) is 0. The van der Waals surface area contributed by atoms with Gasteiger partial charge in [-0.3, -0.25) is 9.59 Å². The average Bonchev–Trinajstić information content (AvgIpc) is 2.31. The highest BCUT2D eigenvalue weighted by Gasteiger charge is 2.26. The molecular formula is C13H17Cl2N3O2. The van der Waals surface area contributed by atoms with E-state index < -0.39 is 5.54 Å². The lowest BCUT2D eigenvalue weighted by Crippen LogP contribution is -2.51. The molecule has 20 heavy (non-hydrogen) atoms. The van der Waals surface area contributed by atoms with Gasteiger partial charge in [0.15, 0.2) is 0 Å². The molecule has 5 nitrogen and oxygen atoms in total. The fourth-order valence-electron chi connectivity index (χ4n) is 1.55. The Morgan fingerprint density at radius 1 is 1.30 bits per heavy atom. The molecule has 0 aliphatic heterocycles. The first-order valence-electron chi connectivity index (χ1n) is 5.90. The molecule has 0 aliphatic rings. The number of likely N-dealkylation sites (N-methyl/N-ethyl adjacent to an activating group) is 1. The molecule has 0 unspecified atom stereocenters. The summed E-state index contributed by atoms with van der Waals surface area (Å²) in [5, 5.41) is 3.38. The van der Waals surface area contributed by atoms with Crippen molar-refractivity contribution in [1.29, 1.82) is 0 Å². The highest BCUT2D eigenvalue weighted by Crippen LogP contribution is 2.24. The third-order valence-electron chi connectivity index (χ3n) is 2.48. The molecule has 7 heteroatoms. The summed E-state index contributed by atoms with van der Waals surface area (Å²) in [4.78, 5) is 24.9. The normalized spacial score (nSPS) is 11.1. The summed E-state index contributed by atoms with van der Waals surface area (Å²) < 4.78 is 0. The number of carbonyl (C=O) groups is 2. The van der Waals surface area contributed by atoms with Crippen LogP contribution in [0.2, 0.25) is 10.0 Å². The number of nitrogens with zero attached hydrogens (tertiary/aromatic N) is 1. The smallest absolute Gasteiger partial charge is 0.243 e. The van der Waals surface area contributed by atoms with Gasteiger partial charge in [0, 0.05) is 12.7 Å². The van der Waals surface area contributed by atoms with E-state index in [1.54, 1.807) is 26.0 Å². The zero-order valence-electron chi connectivity index (χ0n) is 11.5. The molecule has 1 rings (SSSR count). The first-order valence-corrected chi connectivity index (χ1v) is 6.66. The first kappa shape index (κ1) is 16.8. The van der Waals surface area contributed by atoms with Gasteiger partial charge in [-0.1, -0.05) is 23.2 Å². The van der Waals surface area contributed by atoms with E-state index in [-0.39, 0.29) is 18.4 Å². The zero-order chi connectivity index (χ0) is 15.5. The van der Waals surface area contributed by atoms with Crippen LogP contribution in [0.25, 0.3) is 0 Å². The Balaban J connectivity index is 2.64. The quantitative estimate of drug-likeness (QED) is 0.893. The van der Waals surface area contributed by atoms with E-state index in [4.69, 9.17) is 28.9 Å². The van der Waals surface area contributed by atoms with Gasteiger partial charge in [0.1, 0.15) is 0 Å². The molecule has 0 saturated heterocycles. The van der Waals surface area contributed by atoms with Crippen LogP contribution in [0.5, 0.6) is 0 Å². The predicted molar refractivity (Wildman–Crippen MR) is 81.0 cm³/mol. The van der Waals surface area contributed by atoms with E-state index in [9.17, 15) is 9.59 Å². The van der Waals surface area contributed by atoms with Crippen LogP contribution in [0, 0.1) is 0 Å². The minimum Gasteiger partial charge on any atom is -0.335 e. The second-order valence-corrected chi connectivity index (χ2v) is 5.87. The van der Waals surface area contributed by atoms with Gasteiger partial charge in [-0.2, -0.15) is 0 Å². The summed E-state index contributed by atoms with van der Waals surface area (Å²) in [6, 6.07) is 4.74. The summed E-state index contributed by atoms with van der Waals surface area (Å²) in [5.41, 5.74) is 5.19. The van der Waals surface area contributed by atoms with Crippen LogP contribution in [-0.2, 0) is 9.59 Å². The summed E-state index contributed by atoms with van der Waals surface area (Å²) >= 11 is 11.6. The van der Waals surface area contributed by atoms with Crippen molar-refractivity contribution in [1.82, 2.24) is 4.90 Å². The molecule has 0 heterocycles. The summed E-state index contributed by atoms with van der Waals surface area (Å²) in [6.45, 7) is 3.07. The standard InChI is InChI=1S/C13H17Cl2N3O2/c1-13(2,16)12(20)18(3)7-11(19)17-8-4-5-9(14)10(15)6-8/h4-6H,7,16H2,1-3H3,(H,17,19). The van der Waals surface area contributed by atoms with Crippen LogP contribution in [0.3, 0.4) is 0 Å². The highest BCUT2D eigenvalue weighted by molar-refractivity contribution is 6.42. The number of halogens is 2. The minimum atomic E-state index is -1.02. The monoisotopic (exact) mass is 317 g/mol. The number of hydrogen-bond donors (Lipinski definition) is 2. The Kier molecular flexibility index (Phi) is 5.39. The molecule has 0 radical (unpaired) electrons. The van der Waals surface area contributed by atoms with Crippen molar-refractivity contribution >= 4 is 40.7 Å². The Morgan fingerprint density at radius 3 is 2.40 bits per heavy atom. The van der Waals surface area contributed by atoms with Gasteiger partial charge in [-0.15, -0.1) is 0 Å². The predicted octanol–water partition coefficient (Wildman–Crippen LogP) is 2.13. The van der Waals surface area contributed by atoms with Crippen LogP contribution in [0.15, 0.2) is 18.2 Å². The van der Waals surface area contributed by atoms with Crippen LogP contribution < -0.4 is 11.1 Å². The van der Waals surface area contributed by atoms with Crippen LogP contribution in [-0.4, -0.2) is 35.8 Å². The van der Waals surface area contributed by atoms with Gasteiger partial charge in [0.2, 0.25) is 11.8 Å². The fraction of sp³-hybridized carbons (Fsp3) is 0.385. The third-order valence-corrected chi connectivity index (χ3v) is 3.22. The number of nitrogens with two attached hydrogens (primary N) is 1. The van der Waals surface area contributed by atoms with E-state index in [0.717, 1.165) is 0 Å². The lowest BCUT2D eigenvalue weighted by atomic mass is 10.1. The molecule has 0 bridgehead atoms. The molecule has 0 atom stereocenters. The van der Waals surface area contributed by atoms with Crippen molar-refractivity contribution in [3.8, 4) is 0 Å². The second-order valence-electron chi connectivity index (χ2n) is 5.06. The number of amides is 2. The molecule has 0 aliphatic carbocycles. The van der Waals surface area contributed by atoms with Crippen LogP contribution >= 0.6 is 23.2 Å². The molecule has 3 N–H and O–H groups in total. The highest BCUT2D eigenvalue weighted by atomic mass is 35.5. The molecule has 110 valence electrons. The lowest BCUT2D eigenvalue weighted by Gasteiger charge is -2.25. The van der Waals surface area contributed by atoms with Crippen molar-refractivity contribution < 1.29 is 9.59 Å². The van der Waals surface area contributed by atoms with Gasteiger partial charge < -0.3 is 16.0 Å². The van der Waals surface area contributed by atoms with Crippen molar-refractivity contribution in [2.24, 2.45) is 5.73 Å². The van der Waals surface area contributed by atoms with Gasteiger partial charge in [0.05, 0.1) is 22.1 Å². The van der Waals surface area contributed by atoms with Gasteiger partial charge in [0.25, 0.3) is 0 Å². The number of carbonyl (C=O) groups excluding carboxylic acids is 2. The maximum absolute atomic E-state index is 11.8. The molecular weight excluding hydrogens is 301 g/mol. The van der Waals surface area contributed by atoms with Crippen molar-refractivity contribution in [2.45, 2.75) is 19.4 Å². The average molecular weight is 318 g/mol. The van der Waals surface area contributed by atoms with E-state index in [1.165, 1.54) is 18.0 Å². The number of nitrogens with one attached hydrogen (secondary N) is 1. The Bertz CT molecular complexity index is 527.